The lowest BCUT2D eigenvalue weighted by molar-refractivity contribution is 0.0899. The summed E-state index contributed by atoms with van der Waals surface area (Å²) in [6.45, 7) is 0.387. The Labute approximate surface area is 134 Å². The maximum Gasteiger partial charge on any atom is 0.349 e. The average Bonchev–Trinajstić information content (AvgIpc) is 2.95. The second-order valence-corrected chi connectivity index (χ2v) is 5.63. The molecule has 0 atom stereocenters. The number of para-hydroxylation sites is 1. The number of fused-ring (bicyclic) bond motifs is 1. The van der Waals surface area contributed by atoms with Crippen LogP contribution in [-0.4, -0.2) is 18.0 Å². The lowest BCUT2D eigenvalue weighted by Crippen LogP contribution is -2.52. The third kappa shape index (κ3) is 3.00. The molecule has 1 aliphatic rings. The van der Waals surface area contributed by atoms with Crippen LogP contribution in [0, 0.1) is 0 Å². The van der Waals surface area contributed by atoms with Gasteiger partial charge < -0.3 is 15.5 Å². The van der Waals surface area contributed by atoms with Gasteiger partial charge in [-0.3, -0.25) is 4.79 Å². The van der Waals surface area contributed by atoms with Crippen LogP contribution in [0.3, 0.4) is 0 Å². The molecule has 2 aromatic rings. The smallest absolute Gasteiger partial charge is 0.349 e. The van der Waals surface area contributed by atoms with Crippen molar-refractivity contribution in [2.75, 3.05) is 6.54 Å². The molecule has 1 aromatic carbocycles. The highest BCUT2D eigenvalue weighted by Gasteiger charge is 2.34. The van der Waals surface area contributed by atoms with Crippen LogP contribution < -0.4 is 16.7 Å². The van der Waals surface area contributed by atoms with E-state index in [1.165, 1.54) is 0 Å². The van der Waals surface area contributed by atoms with Gasteiger partial charge in [0, 0.05) is 11.9 Å². The number of halogens is 1. The van der Waals surface area contributed by atoms with Crippen LogP contribution in [0.5, 0.6) is 0 Å². The summed E-state index contributed by atoms with van der Waals surface area (Å²) in [5.74, 6) is -0.401. The van der Waals surface area contributed by atoms with Crippen LogP contribution in [0.15, 0.2) is 39.5 Å². The van der Waals surface area contributed by atoms with Crippen molar-refractivity contribution in [2.24, 2.45) is 5.73 Å². The molecule has 3 rings (SSSR count). The molecular formula is C16H19ClN2O3. The molecule has 1 heterocycles. The Kier molecular flexibility index (Phi) is 4.88. The highest BCUT2D eigenvalue weighted by atomic mass is 35.5. The van der Waals surface area contributed by atoms with Gasteiger partial charge in [-0.2, -0.15) is 0 Å². The molecule has 0 saturated heterocycles. The lowest BCUT2D eigenvalue weighted by Gasteiger charge is -2.28. The summed E-state index contributed by atoms with van der Waals surface area (Å²) >= 11 is 0. The molecule has 6 heteroatoms. The van der Waals surface area contributed by atoms with E-state index in [9.17, 15) is 9.59 Å². The Hall–Kier alpha value is -1.85. The standard InChI is InChI=1S/C16H18N2O3.ClH/c17-10-16(7-3-4-8-16)18-14(19)12-9-11-5-1-2-6-13(11)21-15(12)20;/h1-2,5-6,9H,3-4,7-8,10,17H2,(H,18,19);1H. The number of rotatable bonds is 3. The molecule has 1 aliphatic carbocycles. The van der Waals surface area contributed by atoms with Crippen molar-refractivity contribution in [3.05, 3.63) is 46.3 Å². The average molecular weight is 323 g/mol. The zero-order valence-electron chi connectivity index (χ0n) is 12.1. The van der Waals surface area contributed by atoms with Gasteiger partial charge in [0.1, 0.15) is 11.1 Å². The summed E-state index contributed by atoms with van der Waals surface area (Å²) in [6, 6.07) is 8.71. The van der Waals surface area contributed by atoms with Crippen LogP contribution in [0.1, 0.15) is 36.0 Å². The number of carbonyl (C=O) groups is 1. The van der Waals surface area contributed by atoms with Crippen LogP contribution in [0.2, 0.25) is 0 Å². The fourth-order valence-electron chi connectivity index (χ4n) is 2.96. The van der Waals surface area contributed by atoms with Crippen molar-refractivity contribution in [1.29, 1.82) is 0 Å². The molecule has 0 aliphatic heterocycles. The summed E-state index contributed by atoms with van der Waals surface area (Å²) in [6.07, 6.45) is 3.80. The van der Waals surface area contributed by atoms with E-state index in [0.717, 1.165) is 31.1 Å². The van der Waals surface area contributed by atoms with E-state index in [0.29, 0.717) is 12.1 Å². The molecule has 1 saturated carbocycles. The Morgan fingerprint density at radius 2 is 1.95 bits per heavy atom. The maximum absolute atomic E-state index is 12.4. The van der Waals surface area contributed by atoms with Crippen molar-refractivity contribution >= 4 is 29.3 Å². The van der Waals surface area contributed by atoms with E-state index in [-0.39, 0.29) is 23.5 Å². The van der Waals surface area contributed by atoms with Gasteiger partial charge in [0.2, 0.25) is 0 Å². The van der Waals surface area contributed by atoms with Gasteiger partial charge in [0.15, 0.2) is 0 Å². The second kappa shape index (κ2) is 6.50. The van der Waals surface area contributed by atoms with Gasteiger partial charge in [0.25, 0.3) is 5.91 Å². The van der Waals surface area contributed by atoms with Crippen molar-refractivity contribution < 1.29 is 9.21 Å². The number of benzene rings is 1. The maximum atomic E-state index is 12.4. The molecule has 22 heavy (non-hydrogen) atoms. The fourth-order valence-corrected chi connectivity index (χ4v) is 2.96. The number of nitrogens with one attached hydrogen (secondary N) is 1. The third-order valence-corrected chi connectivity index (χ3v) is 4.22. The number of hydrogen-bond donors (Lipinski definition) is 2. The number of nitrogens with two attached hydrogens (primary N) is 1. The van der Waals surface area contributed by atoms with Gasteiger partial charge in [-0.25, -0.2) is 4.79 Å². The van der Waals surface area contributed by atoms with E-state index in [2.05, 4.69) is 5.32 Å². The Morgan fingerprint density at radius 1 is 1.27 bits per heavy atom. The van der Waals surface area contributed by atoms with Crippen molar-refractivity contribution in [1.82, 2.24) is 5.32 Å². The molecular weight excluding hydrogens is 304 g/mol. The quantitative estimate of drug-likeness (QED) is 0.848. The zero-order chi connectivity index (χ0) is 14.9. The Morgan fingerprint density at radius 3 is 2.64 bits per heavy atom. The van der Waals surface area contributed by atoms with E-state index >= 15 is 0 Å². The minimum atomic E-state index is -0.614. The van der Waals surface area contributed by atoms with Crippen molar-refractivity contribution in [3.8, 4) is 0 Å². The summed E-state index contributed by atoms with van der Waals surface area (Å²) in [5, 5.41) is 3.67. The van der Waals surface area contributed by atoms with E-state index in [1.54, 1.807) is 18.2 Å². The van der Waals surface area contributed by atoms with E-state index < -0.39 is 11.5 Å². The molecule has 0 bridgehead atoms. The van der Waals surface area contributed by atoms with Gasteiger partial charge in [-0.1, -0.05) is 31.0 Å². The number of amides is 1. The van der Waals surface area contributed by atoms with Crippen molar-refractivity contribution in [2.45, 2.75) is 31.2 Å². The highest BCUT2D eigenvalue weighted by Crippen LogP contribution is 2.28. The van der Waals surface area contributed by atoms with Crippen molar-refractivity contribution in [3.63, 3.8) is 0 Å². The lowest BCUT2D eigenvalue weighted by atomic mass is 9.97. The SMILES string of the molecule is Cl.NCC1(NC(=O)c2cc3ccccc3oc2=O)CCCC1. The molecule has 1 aromatic heterocycles. The molecule has 0 spiro atoms. The Bertz CT molecular complexity index is 735. The Balaban J connectivity index is 0.00000176. The summed E-state index contributed by atoms with van der Waals surface area (Å²) in [4.78, 5) is 24.4. The summed E-state index contributed by atoms with van der Waals surface area (Å²) < 4.78 is 5.20. The predicted molar refractivity (Wildman–Crippen MR) is 87.5 cm³/mol. The van der Waals surface area contributed by atoms with E-state index in [1.807, 2.05) is 12.1 Å². The molecule has 3 N–H and O–H groups in total. The first-order chi connectivity index (χ1) is 10.1. The topological polar surface area (TPSA) is 85.3 Å². The molecule has 0 radical (unpaired) electrons. The monoisotopic (exact) mass is 322 g/mol. The third-order valence-electron chi connectivity index (χ3n) is 4.22. The second-order valence-electron chi connectivity index (χ2n) is 5.63. The molecule has 1 fully saturated rings. The number of hydrogen-bond acceptors (Lipinski definition) is 4. The van der Waals surface area contributed by atoms with Crippen LogP contribution in [0.25, 0.3) is 11.0 Å². The van der Waals surface area contributed by atoms with Gasteiger partial charge in [-0.15, -0.1) is 12.4 Å². The minimum absolute atomic E-state index is 0. The largest absolute Gasteiger partial charge is 0.422 e. The first-order valence-electron chi connectivity index (χ1n) is 7.19. The van der Waals surface area contributed by atoms with E-state index in [4.69, 9.17) is 10.2 Å². The summed E-state index contributed by atoms with van der Waals surface area (Å²) in [5.41, 5.74) is 5.33. The zero-order valence-corrected chi connectivity index (χ0v) is 12.9. The normalized spacial score (nSPS) is 16.2. The van der Waals surface area contributed by atoms with Crippen LogP contribution in [0.4, 0.5) is 0 Å². The van der Waals surface area contributed by atoms with Crippen LogP contribution >= 0.6 is 12.4 Å². The molecule has 1 amide bonds. The predicted octanol–water partition coefficient (Wildman–Crippen LogP) is 2.22. The van der Waals surface area contributed by atoms with Gasteiger partial charge in [0.05, 0.1) is 5.54 Å². The number of carbonyl (C=O) groups excluding carboxylic acids is 1. The summed E-state index contributed by atoms with van der Waals surface area (Å²) in [7, 11) is 0. The molecule has 0 unspecified atom stereocenters. The van der Waals surface area contributed by atoms with Crippen LogP contribution in [-0.2, 0) is 0 Å². The fraction of sp³-hybridized carbons (Fsp3) is 0.375. The van der Waals surface area contributed by atoms with Gasteiger partial charge in [-0.05, 0) is 25.0 Å². The van der Waals surface area contributed by atoms with Gasteiger partial charge >= 0.3 is 5.63 Å². The molecule has 118 valence electrons. The first-order valence-corrected chi connectivity index (χ1v) is 7.19. The molecule has 5 nitrogen and oxygen atoms in total. The first kappa shape index (κ1) is 16.5. The highest BCUT2D eigenvalue weighted by molar-refractivity contribution is 5.97. The minimum Gasteiger partial charge on any atom is -0.422 e.